The topological polar surface area (TPSA) is 58.2 Å². The van der Waals surface area contributed by atoms with E-state index in [0.29, 0.717) is 15.6 Å². The number of amides is 2. The van der Waals surface area contributed by atoms with Crippen molar-refractivity contribution >= 4 is 52.7 Å². The molecule has 0 aliphatic rings. The van der Waals surface area contributed by atoms with E-state index in [4.69, 9.17) is 34.8 Å². The second-order valence-electron chi connectivity index (χ2n) is 4.42. The molecular weight excluding hydrogens is 359 g/mol. The first kappa shape index (κ1) is 17.3. The lowest BCUT2D eigenvalue weighted by Crippen LogP contribution is -2.40. The molecule has 0 bridgehead atoms. The Bertz CT molecular complexity index is 776. The Balaban J connectivity index is 1.94. The first-order chi connectivity index (χ1) is 11.0. The molecular formula is C16H11Cl3N2O2. The highest BCUT2D eigenvalue weighted by Crippen LogP contribution is 2.20. The van der Waals surface area contributed by atoms with E-state index in [-0.39, 0.29) is 10.6 Å². The van der Waals surface area contributed by atoms with Gasteiger partial charge in [0.15, 0.2) is 0 Å². The lowest BCUT2D eigenvalue weighted by molar-refractivity contribution is -0.117. The molecule has 0 saturated heterocycles. The molecule has 2 rings (SSSR count). The number of hydrazine groups is 1. The molecule has 4 nitrogen and oxygen atoms in total. The molecule has 0 atom stereocenters. The highest BCUT2D eigenvalue weighted by molar-refractivity contribution is 6.36. The largest absolute Gasteiger partial charge is 0.271 e. The van der Waals surface area contributed by atoms with Crippen LogP contribution in [0.2, 0.25) is 15.1 Å². The SMILES string of the molecule is O=C(C=Cc1ccccc1Cl)NNC(=O)c1ccc(Cl)cc1Cl. The van der Waals surface area contributed by atoms with E-state index in [0.717, 1.165) is 0 Å². The zero-order chi connectivity index (χ0) is 16.8. The van der Waals surface area contributed by atoms with Crippen LogP contribution in [0.3, 0.4) is 0 Å². The van der Waals surface area contributed by atoms with E-state index in [1.54, 1.807) is 30.3 Å². The van der Waals surface area contributed by atoms with E-state index in [1.165, 1.54) is 24.3 Å². The number of hydrogen-bond donors (Lipinski definition) is 2. The Morgan fingerprint density at radius 3 is 2.35 bits per heavy atom. The van der Waals surface area contributed by atoms with Crippen LogP contribution in [0.4, 0.5) is 0 Å². The van der Waals surface area contributed by atoms with Gasteiger partial charge in [-0.1, -0.05) is 53.0 Å². The van der Waals surface area contributed by atoms with Gasteiger partial charge in [-0.3, -0.25) is 20.4 Å². The highest BCUT2D eigenvalue weighted by Gasteiger charge is 2.10. The molecule has 7 heteroatoms. The fourth-order valence-electron chi connectivity index (χ4n) is 1.68. The van der Waals surface area contributed by atoms with Crippen molar-refractivity contribution in [3.8, 4) is 0 Å². The van der Waals surface area contributed by atoms with Crippen molar-refractivity contribution in [3.05, 3.63) is 74.7 Å². The van der Waals surface area contributed by atoms with Crippen LogP contribution in [-0.2, 0) is 4.79 Å². The van der Waals surface area contributed by atoms with Crippen LogP contribution in [-0.4, -0.2) is 11.8 Å². The van der Waals surface area contributed by atoms with Gasteiger partial charge >= 0.3 is 0 Å². The first-order valence-electron chi connectivity index (χ1n) is 6.45. The van der Waals surface area contributed by atoms with Crippen LogP contribution in [0, 0.1) is 0 Å². The fourth-order valence-corrected chi connectivity index (χ4v) is 2.37. The third-order valence-corrected chi connectivity index (χ3v) is 3.69. The molecule has 0 heterocycles. The van der Waals surface area contributed by atoms with Crippen LogP contribution in [0.1, 0.15) is 15.9 Å². The molecule has 2 amide bonds. The van der Waals surface area contributed by atoms with Crippen LogP contribution in [0.5, 0.6) is 0 Å². The quantitative estimate of drug-likeness (QED) is 0.631. The summed E-state index contributed by atoms with van der Waals surface area (Å²) in [5, 5.41) is 1.13. The van der Waals surface area contributed by atoms with E-state index in [1.807, 2.05) is 0 Å². The molecule has 2 aromatic rings. The van der Waals surface area contributed by atoms with Crippen molar-refractivity contribution in [3.63, 3.8) is 0 Å². The van der Waals surface area contributed by atoms with E-state index < -0.39 is 11.8 Å². The number of nitrogens with one attached hydrogen (secondary N) is 2. The summed E-state index contributed by atoms with van der Waals surface area (Å²) in [6.45, 7) is 0. The minimum absolute atomic E-state index is 0.191. The molecule has 0 aromatic heterocycles. The predicted molar refractivity (Wildman–Crippen MR) is 92.6 cm³/mol. The molecule has 0 radical (unpaired) electrons. The van der Waals surface area contributed by atoms with Gasteiger partial charge < -0.3 is 0 Å². The third kappa shape index (κ3) is 4.99. The van der Waals surface area contributed by atoms with Crippen molar-refractivity contribution in [1.82, 2.24) is 10.9 Å². The molecule has 2 aromatic carbocycles. The summed E-state index contributed by atoms with van der Waals surface area (Å²) in [6.07, 6.45) is 2.80. The van der Waals surface area contributed by atoms with Gasteiger partial charge in [0.1, 0.15) is 0 Å². The van der Waals surface area contributed by atoms with Gasteiger partial charge in [-0.05, 0) is 35.9 Å². The maximum absolute atomic E-state index is 11.9. The lowest BCUT2D eigenvalue weighted by Gasteiger charge is -2.07. The maximum atomic E-state index is 11.9. The second kappa shape index (κ2) is 8.02. The third-order valence-electron chi connectivity index (χ3n) is 2.79. The van der Waals surface area contributed by atoms with Crippen molar-refractivity contribution < 1.29 is 9.59 Å². The van der Waals surface area contributed by atoms with Gasteiger partial charge in [0.2, 0.25) is 0 Å². The van der Waals surface area contributed by atoms with Crippen LogP contribution in [0.15, 0.2) is 48.5 Å². The minimum Gasteiger partial charge on any atom is -0.268 e. The molecule has 23 heavy (non-hydrogen) atoms. The van der Waals surface area contributed by atoms with Crippen molar-refractivity contribution in [2.75, 3.05) is 0 Å². The normalized spacial score (nSPS) is 10.6. The zero-order valence-electron chi connectivity index (χ0n) is 11.6. The van der Waals surface area contributed by atoms with Crippen LogP contribution in [0.25, 0.3) is 6.08 Å². The number of halogens is 3. The molecule has 0 fully saturated rings. The molecule has 118 valence electrons. The first-order valence-corrected chi connectivity index (χ1v) is 7.59. The highest BCUT2D eigenvalue weighted by atomic mass is 35.5. The molecule has 2 N–H and O–H groups in total. The van der Waals surface area contributed by atoms with Gasteiger partial charge in [0.05, 0.1) is 10.6 Å². The smallest absolute Gasteiger partial charge is 0.268 e. The Kier molecular flexibility index (Phi) is 6.04. The predicted octanol–water partition coefficient (Wildman–Crippen LogP) is 4.12. The summed E-state index contributed by atoms with van der Waals surface area (Å²) in [7, 11) is 0. The van der Waals surface area contributed by atoms with Gasteiger partial charge in [0.25, 0.3) is 11.8 Å². The molecule has 0 spiro atoms. The summed E-state index contributed by atoms with van der Waals surface area (Å²) in [5.41, 5.74) is 5.40. The summed E-state index contributed by atoms with van der Waals surface area (Å²) in [4.78, 5) is 23.6. The van der Waals surface area contributed by atoms with Gasteiger partial charge in [-0.15, -0.1) is 0 Å². The van der Waals surface area contributed by atoms with Gasteiger partial charge in [0, 0.05) is 16.1 Å². The van der Waals surface area contributed by atoms with E-state index >= 15 is 0 Å². The second-order valence-corrected chi connectivity index (χ2v) is 5.67. The zero-order valence-corrected chi connectivity index (χ0v) is 13.9. The standard InChI is InChI=1S/C16H11Cl3N2O2/c17-11-6-7-12(14(19)9-11)16(23)21-20-15(22)8-5-10-3-1-2-4-13(10)18/h1-9H,(H,20,22)(H,21,23). The lowest BCUT2D eigenvalue weighted by atomic mass is 10.2. The van der Waals surface area contributed by atoms with E-state index in [9.17, 15) is 9.59 Å². The summed E-state index contributed by atoms with van der Waals surface area (Å²) in [5.74, 6) is -1.06. The van der Waals surface area contributed by atoms with Gasteiger partial charge in [-0.25, -0.2) is 0 Å². The Morgan fingerprint density at radius 1 is 0.913 bits per heavy atom. The fraction of sp³-hybridized carbons (Fsp3) is 0. The molecule has 0 unspecified atom stereocenters. The molecule has 0 aliphatic carbocycles. The Morgan fingerprint density at radius 2 is 1.65 bits per heavy atom. The number of carbonyl (C=O) groups is 2. The van der Waals surface area contributed by atoms with Crippen molar-refractivity contribution in [2.45, 2.75) is 0 Å². The minimum atomic E-state index is -0.550. The number of rotatable bonds is 3. The van der Waals surface area contributed by atoms with E-state index in [2.05, 4.69) is 10.9 Å². The summed E-state index contributed by atoms with van der Waals surface area (Å²) >= 11 is 17.6. The number of benzene rings is 2. The average Bonchev–Trinajstić information content (AvgIpc) is 2.52. The van der Waals surface area contributed by atoms with Crippen LogP contribution >= 0.6 is 34.8 Å². The Labute approximate surface area is 148 Å². The van der Waals surface area contributed by atoms with Crippen LogP contribution < -0.4 is 10.9 Å². The summed E-state index contributed by atoms with van der Waals surface area (Å²) < 4.78 is 0. The van der Waals surface area contributed by atoms with Gasteiger partial charge in [-0.2, -0.15) is 0 Å². The van der Waals surface area contributed by atoms with Crippen molar-refractivity contribution in [2.24, 2.45) is 0 Å². The number of carbonyl (C=O) groups excluding carboxylic acids is 2. The molecule has 0 saturated carbocycles. The van der Waals surface area contributed by atoms with Crippen molar-refractivity contribution in [1.29, 1.82) is 0 Å². The Hall–Kier alpha value is -2.01. The average molecular weight is 370 g/mol. The number of hydrogen-bond acceptors (Lipinski definition) is 2. The monoisotopic (exact) mass is 368 g/mol. The summed E-state index contributed by atoms with van der Waals surface area (Å²) in [6, 6.07) is 11.5. The molecule has 0 aliphatic heterocycles. The maximum Gasteiger partial charge on any atom is 0.271 e.